The van der Waals surface area contributed by atoms with Crippen LogP contribution in [-0.4, -0.2) is 18.2 Å². The molecule has 2 unspecified atom stereocenters. The van der Waals surface area contributed by atoms with Gasteiger partial charge in [0.05, 0.1) is 17.7 Å². The van der Waals surface area contributed by atoms with Gasteiger partial charge in [-0.3, -0.25) is 4.98 Å². The molecule has 0 aliphatic heterocycles. The summed E-state index contributed by atoms with van der Waals surface area (Å²) < 4.78 is 5.26. The summed E-state index contributed by atoms with van der Waals surface area (Å²) in [6, 6.07) is 9.86. The molecule has 16 heavy (non-hydrogen) atoms. The van der Waals surface area contributed by atoms with Gasteiger partial charge in [-0.25, -0.2) is 0 Å². The zero-order valence-corrected chi connectivity index (χ0v) is 9.55. The third-order valence-electron chi connectivity index (χ3n) is 2.90. The summed E-state index contributed by atoms with van der Waals surface area (Å²) in [7, 11) is 1.67. The minimum Gasteiger partial charge on any atom is -0.380 e. The summed E-state index contributed by atoms with van der Waals surface area (Å²) in [5.41, 5.74) is 8.14. The fraction of sp³-hybridized carbons (Fsp3) is 0.308. The van der Waals surface area contributed by atoms with E-state index in [1.807, 2.05) is 37.3 Å². The second-order valence-electron chi connectivity index (χ2n) is 3.89. The lowest BCUT2D eigenvalue weighted by atomic mass is 10.00. The molecule has 2 N–H and O–H groups in total. The number of benzene rings is 1. The Balaban J connectivity index is 2.52. The summed E-state index contributed by atoms with van der Waals surface area (Å²) in [4.78, 5) is 4.38. The van der Waals surface area contributed by atoms with E-state index in [1.54, 1.807) is 13.3 Å². The van der Waals surface area contributed by atoms with Gasteiger partial charge in [0.2, 0.25) is 0 Å². The minimum absolute atomic E-state index is 0.0207. The highest BCUT2D eigenvalue weighted by Gasteiger charge is 2.16. The van der Waals surface area contributed by atoms with E-state index in [9.17, 15) is 0 Å². The molecule has 0 bridgehead atoms. The van der Waals surface area contributed by atoms with Crippen molar-refractivity contribution < 1.29 is 4.74 Å². The van der Waals surface area contributed by atoms with Crippen molar-refractivity contribution >= 4 is 10.9 Å². The van der Waals surface area contributed by atoms with Gasteiger partial charge in [0.1, 0.15) is 0 Å². The van der Waals surface area contributed by atoms with Crippen LogP contribution in [0.25, 0.3) is 10.9 Å². The van der Waals surface area contributed by atoms with Gasteiger partial charge in [-0.05, 0) is 18.6 Å². The third-order valence-corrected chi connectivity index (χ3v) is 2.90. The largest absolute Gasteiger partial charge is 0.380 e. The van der Waals surface area contributed by atoms with Crippen LogP contribution in [-0.2, 0) is 4.74 Å². The first-order chi connectivity index (χ1) is 7.74. The molecule has 0 aliphatic carbocycles. The second kappa shape index (κ2) is 4.60. The standard InChI is InChI=1S/C13H16N2O/c1-9(16-2)12(14)11-7-3-5-10-6-4-8-15-13(10)11/h3-9,12H,14H2,1-2H3. The molecule has 1 aromatic heterocycles. The van der Waals surface area contributed by atoms with E-state index in [-0.39, 0.29) is 12.1 Å². The molecule has 84 valence electrons. The molecule has 1 heterocycles. The maximum Gasteiger partial charge on any atom is 0.0750 e. The molecule has 2 atom stereocenters. The number of fused-ring (bicyclic) bond motifs is 1. The summed E-state index contributed by atoms with van der Waals surface area (Å²) in [5.74, 6) is 0. The number of hydrogen-bond acceptors (Lipinski definition) is 3. The van der Waals surface area contributed by atoms with Crippen molar-refractivity contribution in [3.05, 3.63) is 42.1 Å². The van der Waals surface area contributed by atoms with E-state index in [0.717, 1.165) is 16.5 Å². The van der Waals surface area contributed by atoms with E-state index in [2.05, 4.69) is 4.98 Å². The van der Waals surface area contributed by atoms with Gasteiger partial charge in [0.25, 0.3) is 0 Å². The molecule has 0 saturated carbocycles. The van der Waals surface area contributed by atoms with Crippen LogP contribution >= 0.6 is 0 Å². The minimum atomic E-state index is -0.149. The van der Waals surface area contributed by atoms with Crippen LogP contribution in [0.1, 0.15) is 18.5 Å². The molecule has 0 saturated heterocycles. The van der Waals surface area contributed by atoms with Gasteiger partial charge in [-0.2, -0.15) is 0 Å². The number of ether oxygens (including phenoxy) is 1. The van der Waals surface area contributed by atoms with E-state index < -0.39 is 0 Å². The molecule has 1 aromatic carbocycles. The summed E-state index contributed by atoms with van der Waals surface area (Å²) >= 11 is 0. The molecule has 2 aromatic rings. The molecule has 0 radical (unpaired) electrons. The van der Waals surface area contributed by atoms with Crippen LogP contribution in [0.4, 0.5) is 0 Å². The van der Waals surface area contributed by atoms with E-state index in [1.165, 1.54) is 0 Å². The lowest BCUT2D eigenvalue weighted by Gasteiger charge is -2.19. The van der Waals surface area contributed by atoms with E-state index in [4.69, 9.17) is 10.5 Å². The van der Waals surface area contributed by atoms with Crippen molar-refractivity contribution in [2.24, 2.45) is 5.73 Å². The lowest BCUT2D eigenvalue weighted by Crippen LogP contribution is -2.25. The Morgan fingerprint density at radius 2 is 2.00 bits per heavy atom. The van der Waals surface area contributed by atoms with Crippen molar-refractivity contribution in [1.29, 1.82) is 0 Å². The topological polar surface area (TPSA) is 48.1 Å². The number of methoxy groups -OCH3 is 1. The van der Waals surface area contributed by atoms with Crippen LogP contribution in [0.5, 0.6) is 0 Å². The average molecular weight is 216 g/mol. The number of pyridine rings is 1. The Kier molecular flexibility index (Phi) is 3.17. The second-order valence-corrected chi connectivity index (χ2v) is 3.89. The number of aromatic nitrogens is 1. The zero-order valence-electron chi connectivity index (χ0n) is 9.55. The Bertz CT molecular complexity index is 479. The van der Waals surface area contributed by atoms with Crippen LogP contribution in [0.3, 0.4) is 0 Å². The Morgan fingerprint density at radius 1 is 1.25 bits per heavy atom. The molecule has 2 rings (SSSR count). The predicted octanol–water partition coefficient (Wildman–Crippen LogP) is 2.27. The van der Waals surface area contributed by atoms with Gasteiger partial charge in [0.15, 0.2) is 0 Å². The maximum absolute atomic E-state index is 6.15. The highest BCUT2D eigenvalue weighted by molar-refractivity contribution is 5.82. The first kappa shape index (κ1) is 11.0. The van der Waals surface area contributed by atoms with Gasteiger partial charge in [0, 0.05) is 18.7 Å². The van der Waals surface area contributed by atoms with Gasteiger partial charge in [-0.1, -0.05) is 24.3 Å². The van der Waals surface area contributed by atoms with Crippen LogP contribution in [0.2, 0.25) is 0 Å². The fourth-order valence-corrected chi connectivity index (χ4v) is 1.80. The molecule has 0 aliphatic rings. The Morgan fingerprint density at radius 3 is 2.75 bits per heavy atom. The molecular formula is C13H16N2O. The number of nitrogens with two attached hydrogens (primary N) is 1. The average Bonchev–Trinajstić information content (AvgIpc) is 2.36. The molecule has 0 amide bonds. The first-order valence-electron chi connectivity index (χ1n) is 5.36. The Hall–Kier alpha value is -1.45. The van der Waals surface area contributed by atoms with Crippen LogP contribution in [0, 0.1) is 0 Å². The van der Waals surface area contributed by atoms with Crippen molar-refractivity contribution in [1.82, 2.24) is 4.98 Å². The van der Waals surface area contributed by atoms with E-state index in [0.29, 0.717) is 0 Å². The monoisotopic (exact) mass is 216 g/mol. The summed E-state index contributed by atoms with van der Waals surface area (Å²) in [6.07, 6.45) is 1.77. The van der Waals surface area contributed by atoms with Gasteiger partial charge >= 0.3 is 0 Å². The lowest BCUT2D eigenvalue weighted by molar-refractivity contribution is 0.0960. The summed E-state index contributed by atoms with van der Waals surface area (Å²) in [6.45, 7) is 1.96. The number of para-hydroxylation sites is 1. The Labute approximate surface area is 95.2 Å². The fourth-order valence-electron chi connectivity index (χ4n) is 1.80. The summed E-state index contributed by atoms with van der Waals surface area (Å²) in [5, 5.41) is 1.11. The maximum atomic E-state index is 6.15. The van der Waals surface area contributed by atoms with Crippen LogP contribution in [0.15, 0.2) is 36.5 Å². The van der Waals surface area contributed by atoms with Crippen molar-refractivity contribution in [2.45, 2.75) is 19.1 Å². The van der Waals surface area contributed by atoms with Gasteiger partial charge in [-0.15, -0.1) is 0 Å². The van der Waals surface area contributed by atoms with Crippen molar-refractivity contribution in [2.75, 3.05) is 7.11 Å². The van der Waals surface area contributed by atoms with Crippen molar-refractivity contribution in [3.8, 4) is 0 Å². The highest BCUT2D eigenvalue weighted by atomic mass is 16.5. The molecular weight excluding hydrogens is 200 g/mol. The molecule has 3 heteroatoms. The quantitative estimate of drug-likeness (QED) is 0.856. The molecule has 0 spiro atoms. The molecule has 0 fully saturated rings. The van der Waals surface area contributed by atoms with Gasteiger partial charge < -0.3 is 10.5 Å². The molecule has 3 nitrogen and oxygen atoms in total. The number of nitrogens with zero attached hydrogens (tertiary/aromatic N) is 1. The first-order valence-corrected chi connectivity index (χ1v) is 5.36. The van der Waals surface area contributed by atoms with Crippen molar-refractivity contribution in [3.63, 3.8) is 0 Å². The third kappa shape index (κ3) is 1.92. The SMILES string of the molecule is COC(C)C(N)c1cccc2cccnc12. The van der Waals surface area contributed by atoms with E-state index >= 15 is 0 Å². The predicted molar refractivity (Wildman–Crippen MR) is 65.1 cm³/mol. The highest BCUT2D eigenvalue weighted by Crippen LogP contribution is 2.23. The smallest absolute Gasteiger partial charge is 0.0750 e. The normalized spacial score (nSPS) is 14.9. The van der Waals surface area contributed by atoms with Crippen LogP contribution < -0.4 is 5.73 Å². The zero-order chi connectivity index (χ0) is 11.5. The number of rotatable bonds is 3. The number of hydrogen-bond donors (Lipinski definition) is 1.